The van der Waals surface area contributed by atoms with Gasteiger partial charge in [0.2, 0.25) is 0 Å². The van der Waals surface area contributed by atoms with Gasteiger partial charge >= 0.3 is 0 Å². The van der Waals surface area contributed by atoms with Crippen LogP contribution in [0.15, 0.2) is 18.3 Å². The Balaban J connectivity index is 2.80. The summed E-state index contributed by atoms with van der Waals surface area (Å²) in [6.07, 6.45) is 5.60. The molecular weight excluding hydrogens is 162 g/mol. The van der Waals surface area contributed by atoms with Gasteiger partial charge in [0.05, 0.1) is 0 Å². The smallest absolute Gasteiger partial charge is 0.153 e. The largest absolute Gasteiger partial charge is 0.384 e. The highest BCUT2D eigenvalue weighted by Gasteiger charge is 2.03. The van der Waals surface area contributed by atoms with E-state index < -0.39 is 0 Å². The molecule has 0 atom stereocenters. The van der Waals surface area contributed by atoms with Gasteiger partial charge in [-0.25, -0.2) is 9.97 Å². The zero-order valence-electron chi connectivity index (χ0n) is 8.28. The van der Waals surface area contributed by atoms with Crippen LogP contribution >= 0.6 is 0 Å². The van der Waals surface area contributed by atoms with E-state index in [4.69, 9.17) is 5.73 Å². The molecule has 0 spiro atoms. The van der Waals surface area contributed by atoms with E-state index in [0.717, 1.165) is 0 Å². The Bertz CT molecular complexity index is 310. The summed E-state index contributed by atoms with van der Waals surface area (Å²) >= 11 is 0. The first-order valence-electron chi connectivity index (χ1n) is 4.25. The molecule has 0 saturated carbocycles. The Morgan fingerprint density at radius 1 is 1.38 bits per heavy atom. The van der Waals surface area contributed by atoms with E-state index in [1.165, 1.54) is 0 Å². The lowest BCUT2D eigenvalue weighted by atomic mass is 9.96. The van der Waals surface area contributed by atoms with Gasteiger partial charge in [-0.3, -0.25) is 0 Å². The molecule has 1 rings (SSSR count). The van der Waals surface area contributed by atoms with Crippen molar-refractivity contribution in [1.82, 2.24) is 9.97 Å². The number of allylic oxidation sites excluding steroid dienone is 1. The lowest BCUT2D eigenvalue weighted by molar-refractivity contribution is 0.547. The molecule has 70 valence electrons. The fourth-order valence-electron chi connectivity index (χ4n) is 0.793. The normalized spacial score (nSPS) is 12.2. The zero-order valence-corrected chi connectivity index (χ0v) is 8.28. The summed E-state index contributed by atoms with van der Waals surface area (Å²) in [5.74, 6) is 1.17. The topological polar surface area (TPSA) is 51.8 Å². The Hall–Kier alpha value is -1.38. The van der Waals surface area contributed by atoms with Crippen LogP contribution in [0, 0.1) is 5.41 Å². The fourth-order valence-corrected chi connectivity index (χ4v) is 0.793. The van der Waals surface area contributed by atoms with Crippen LogP contribution in [0.25, 0.3) is 6.08 Å². The molecule has 0 fully saturated rings. The summed E-state index contributed by atoms with van der Waals surface area (Å²) in [6.45, 7) is 6.36. The van der Waals surface area contributed by atoms with Crippen molar-refractivity contribution in [2.24, 2.45) is 5.41 Å². The Labute approximate surface area is 78.7 Å². The predicted octanol–water partition coefficient (Wildman–Crippen LogP) is 2.12. The molecule has 0 amide bonds. The second-order valence-electron chi connectivity index (χ2n) is 4.04. The lowest BCUT2D eigenvalue weighted by Gasteiger charge is -2.10. The second-order valence-corrected chi connectivity index (χ2v) is 4.04. The van der Waals surface area contributed by atoms with Crippen molar-refractivity contribution >= 4 is 11.9 Å². The first-order valence-corrected chi connectivity index (χ1v) is 4.25. The molecule has 0 aromatic carbocycles. The van der Waals surface area contributed by atoms with Crippen molar-refractivity contribution in [3.63, 3.8) is 0 Å². The molecule has 0 aliphatic heterocycles. The molecule has 0 bridgehead atoms. The third-order valence-electron chi connectivity index (χ3n) is 1.43. The van der Waals surface area contributed by atoms with Crippen LogP contribution in [0.4, 0.5) is 5.82 Å². The van der Waals surface area contributed by atoms with Crippen LogP contribution in [0.3, 0.4) is 0 Å². The van der Waals surface area contributed by atoms with Crippen LogP contribution in [0.1, 0.15) is 26.6 Å². The summed E-state index contributed by atoms with van der Waals surface area (Å²) in [7, 11) is 0. The zero-order chi connectivity index (χ0) is 9.90. The average molecular weight is 177 g/mol. The highest BCUT2D eigenvalue weighted by atomic mass is 14.9. The summed E-state index contributed by atoms with van der Waals surface area (Å²) in [5.41, 5.74) is 5.66. The van der Waals surface area contributed by atoms with Gasteiger partial charge < -0.3 is 5.73 Å². The Kier molecular flexibility index (Phi) is 2.66. The maximum atomic E-state index is 5.51. The second kappa shape index (κ2) is 3.56. The van der Waals surface area contributed by atoms with Gasteiger partial charge in [0.15, 0.2) is 5.82 Å². The number of nitrogens with zero attached hydrogens (tertiary/aromatic N) is 2. The summed E-state index contributed by atoms with van der Waals surface area (Å²) in [5, 5.41) is 0. The number of hydrogen-bond donors (Lipinski definition) is 1. The summed E-state index contributed by atoms with van der Waals surface area (Å²) in [4.78, 5) is 8.12. The molecule has 1 heterocycles. The van der Waals surface area contributed by atoms with Crippen molar-refractivity contribution in [2.75, 3.05) is 5.73 Å². The van der Waals surface area contributed by atoms with E-state index in [0.29, 0.717) is 11.6 Å². The first-order chi connectivity index (χ1) is 5.97. The molecule has 0 radical (unpaired) electrons. The van der Waals surface area contributed by atoms with Gasteiger partial charge in [-0.05, 0) is 17.6 Å². The van der Waals surface area contributed by atoms with Gasteiger partial charge in [-0.1, -0.05) is 26.8 Å². The fraction of sp³-hybridized carbons (Fsp3) is 0.400. The SMILES string of the molecule is CC(C)(C)/C=C/c1nccc(N)n1. The standard InChI is InChI=1S/C10H15N3/c1-10(2,3)6-4-9-12-7-5-8(11)13-9/h4-7H,1-3H3,(H2,11,12,13)/b6-4+. The van der Waals surface area contributed by atoms with Crippen molar-refractivity contribution in [3.8, 4) is 0 Å². The van der Waals surface area contributed by atoms with Crippen molar-refractivity contribution in [2.45, 2.75) is 20.8 Å². The number of rotatable bonds is 1. The van der Waals surface area contributed by atoms with Gasteiger partial charge in [-0.15, -0.1) is 0 Å². The molecule has 0 aliphatic carbocycles. The van der Waals surface area contributed by atoms with E-state index >= 15 is 0 Å². The monoisotopic (exact) mass is 177 g/mol. The average Bonchev–Trinajstić information content (AvgIpc) is 2.00. The molecular formula is C10H15N3. The van der Waals surface area contributed by atoms with Crippen LogP contribution in [0.2, 0.25) is 0 Å². The quantitative estimate of drug-likeness (QED) is 0.714. The first kappa shape index (κ1) is 9.71. The number of hydrogen-bond acceptors (Lipinski definition) is 3. The van der Waals surface area contributed by atoms with E-state index in [-0.39, 0.29) is 5.41 Å². The molecule has 1 aromatic rings. The van der Waals surface area contributed by atoms with E-state index in [9.17, 15) is 0 Å². The molecule has 13 heavy (non-hydrogen) atoms. The van der Waals surface area contributed by atoms with Crippen molar-refractivity contribution in [3.05, 3.63) is 24.2 Å². The van der Waals surface area contributed by atoms with Gasteiger partial charge in [0.25, 0.3) is 0 Å². The van der Waals surface area contributed by atoms with Gasteiger partial charge in [-0.2, -0.15) is 0 Å². The molecule has 1 aromatic heterocycles. The number of anilines is 1. The number of nitrogen functional groups attached to an aromatic ring is 1. The number of nitrogens with two attached hydrogens (primary N) is 1. The lowest BCUT2D eigenvalue weighted by Crippen LogP contribution is -1.99. The summed E-state index contributed by atoms with van der Waals surface area (Å²) < 4.78 is 0. The third-order valence-corrected chi connectivity index (χ3v) is 1.43. The van der Waals surface area contributed by atoms with Crippen molar-refractivity contribution in [1.29, 1.82) is 0 Å². The van der Waals surface area contributed by atoms with Crippen LogP contribution in [-0.2, 0) is 0 Å². The highest BCUT2D eigenvalue weighted by molar-refractivity contribution is 5.43. The van der Waals surface area contributed by atoms with Crippen LogP contribution < -0.4 is 5.73 Å². The molecule has 0 unspecified atom stereocenters. The molecule has 0 saturated heterocycles. The third kappa shape index (κ3) is 3.69. The minimum Gasteiger partial charge on any atom is -0.384 e. The predicted molar refractivity (Wildman–Crippen MR) is 54.9 cm³/mol. The molecule has 0 aliphatic rings. The van der Waals surface area contributed by atoms with Gasteiger partial charge in [0, 0.05) is 6.20 Å². The van der Waals surface area contributed by atoms with Crippen LogP contribution in [-0.4, -0.2) is 9.97 Å². The Morgan fingerprint density at radius 2 is 2.08 bits per heavy atom. The van der Waals surface area contributed by atoms with Crippen molar-refractivity contribution < 1.29 is 0 Å². The molecule has 3 nitrogen and oxygen atoms in total. The van der Waals surface area contributed by atoms with E-state index in [1.54, 1.807) is 12.3 Å². The van der Waals surface area contributed by atoms with E-state index in [2.05, 4.69) is 36.8 Å². The van der Waals surface area contributed by atoms with Crippen LogP contribution in [0.5, 0.6) is 0 Å². The Morgan fingerprint density at radius 3 is 2.62 bits per heavy atom. The maximum Gasteiger partial charge on any atom is 0.153 e. The maximum absolute atomic E-state index is 5.51. The number of aromatic nitrogens is 2. The van der Waals surface area contributed by atoms with E-state index in [1.807, 2.05) is 6.08 Å². The van der Waals surface area contributed by atoms with Gasteiger partial charge in [0.1, 0.15) is 5.82 Å². The molecule has 2 N–H and O–H groups in total. The minimum absolute atomic E-state index is 0.147. The highest BCUT2D eigenvalue weighted by Crippen LogP contribution is 2.15. The minimum atomic E-state index is 0.147. The summed E-state index contributed by atoms with van der Waals surface area (Å²) in [6, 6.07) is 1.68. The molecule has 3 heteroatoms.